The molecule has 0 spiro atoms. The van der Waals surface area contributed by atoms with Gasteiger partial charge in [-0.05, 0) is 49.7 Å². The van der Waals surface area contributed by atoms with Crippen LogP contribution in [0.5, 0.6) is 5.75 Å². The summed E-state index contributed by atoms with van der Waals surface area (Å²) in [6.45, 7) is 4.23. The number of rotatable bonds is 7. The quantitative estimate of drug-likeness (QED) is 0.745. The van der Waals surface area contributed by atoms with Gasteiger partial charge in [-0.2, -0.15) is 0 Å². The molecule has 0 saturated carbocycles. The number of benzene rings is 2. The minimum atomic E-state index is -0.435. The fourth-order valence-corrected chi connectivity index (χ4v) is 2.82. The van der Waals surface area contributed by atoms with Crippen LogP contribution in [-0.4, -0.2) is 25.0 Å². The Morgan fingerprint density at radius 3 is 2.42 bits per heavy atom. The number of halogens is 2. The molecule has 26 heavy (non-hydrogen) atoms. The van der Waals surface area contributed by atoms with Gasteiger partial charge in [0, 0.05) is 5.02 Å². The molecule has 2 rings (SSSR count). The van der Waals surface area contributed by atoms with Gasteiger partial charge in [0.1, 0.15) is 5.75 Å². The van der Waals surface area contributed by atoms with E-state index in [9.17, 15) is 9.59 Å². The summed E-state index contributed by atoms with van der Waals surface area (Å²) in [5.74, 6) is 0.0437. The molecule has 0 aliphatic carbocycles. The van der Waals surface area contributed by atoms with E-state index in [1.807, 2.05) is 38.1 Å². The van der Waals surface area contributed by atoms with Crippen molar-refractivity contribution in [2.24, 2.45) is 0 Å². The van der Waals surface area contributed by atoms with Gasteiger partial charge in [0.15, 0.2) is 0 Å². The van der Waals surface area contributed by atoms with Crippen molar-refractivity contribution in [2.75, 3.05) is 13.2 Å². The van der Waals surface area contributed by atoms with Crippen LogP contribution in [0.2, 0.25) is 10.0 Å². The smallest absolute Gasteiger partial charge is 0.253 e. The van der Waals surface area contributed by atoms with Gasteiger partial charge in [0.2, 0.25) is 5.91 Å². The molecule has 1 atom stereocenters. The number of hydrogen-bond acceptors (Lipinski definition) is 3. The fourth-order valence-electron chi connectivity index (χ4n) is 2.32. The molecule has 1 unspecified atom stereocenters. The Bertz CT molecular complexity index is 779. The van der Waals surface area contributed by atoms with Crippen molar-refractivity contribution in [2.45, 2.75) is 19.9 Å². The average Bonchev–Trinajstić information content (AvgIpc) is 2.60. The zero-order valence-electron chi connectivity index (χ0n) is 14.5. The lowest BCUT2D eigenvalue weighted by Gasteiger charge is -2.15. The second kappa shape index (κ2) is 9.46. The summed E-state index contributed by atoms with van der Waals surface area (Å²) in [6.07, 6.45) is 0. The van der Waals surface area contributed by atoms with Gasteiger partial charge in [-0.15, -0.1) is 0 Å². The van der Waals surface area contributed by atoms with Crippen molar-refractivity contribution in [3.8, 4) is 5.75 Å². The average molecular weight is 395 g/mol. The number of carbonyl (C=O) groups is 2. The molecule has 2 amide bonds. The first-order chi connectivity index (χ1) is 12.4. The van der Waals surface area contributed by atoms with E-state index in [1.54, 1.807) is 6.07 Å². The molecule has 0 aromatic heterocycles. The van der Waals surface area contributed by atoms with E-state index in [4.69, 9.17) is 27.9 Å². The number of amides is 2. The molecule has 0 aliphatic heterocycles. The van der Waals surface area contributed by atoms with Gasteiger partial charge >= 0.3 is 0 Å². The first kappa shape index (κ1) is 20.1. The van der Waals surface area contributed by atoms with Crippen molar-refractivity contribution in [3.05, 3.63) is 63.6 Å². The first-order valence-electron chi connectivity index (χ1n) is 8.16. The number of hydrogen-bond donors (Lipinski definition) is 2. The molecule has 2 aromatic rings. The third-order valence-corrected chi connectivity index (χ3v) is 4.20. The number of ether oxygens (including phenoxy) is 1. The molecular weight excluding hydrogens is 375 g/mol. The lowest BCUT2D eigenvalue weighted by Crippen LogP contribution is -2.38. The molecule has 5 nitrogen and oxygen atoms in total. The second-order valence-corrected chi connectivity index (χ2v) is 6.44. The normalized spacial score (nSPS) is 11.5. The van der Waals surface area contributed by atoms with E-state index in [2.05, 4.69) is 10.6 Å². The molecule has 0 saturated heterocycles. The first-order valence-corrected chi connectivity index (χ1v) is 8.91. The van der Waals surface area contributed by atoms with E-state index in [-0.39, 0.29) is 29.1 Å². The Morgan fingerprint density at radius 1 is 1.12 bits per heavy atom. The predicted molar refractivity (Wildman–Crippen MR) is 103 cm³/mol. The van der Waals surface area contributed by atoms with Crippen molar-refractivity contribution >= 4 is 35.0 Å². The minimum Gasteiger partial charge on any atom is -0.494 e. The third kappa shape index (κ3) is 5.64. The van der Waals surface area contributed by atoms with Gasteiger partial charge in [0.25, 0.3) is 5.91 Å². The molecule has 2 N–H and O–H groups in total. The molecule has 0 bridgehead atoms. The van der Waals surface area contributed by atoms with Crippen LogP contribution in [0.25, 0.3) is 0 Å². The largest absolute Gasteiger partial charge is 0.494 e. The monoisotopic (exact) mass is 394 g/mol. The van der Waals surface area contributed by atoms with Gasteiger partial charge in [-0.3, -0.25) is 9.59 Å². The van der Waals surface area contributed by atoms with Crippen LogP contribution >= 0.6 is 23.2 Å². The molecule has 138 valence electrons. The number of carbonyl (C=O) groups excluding carboxylic acids is 2. The Labute approximate surface area is 162 Å². The van der Waals surface area contributed by atoms with Crippen LogP contribution in [0, 0.1) is 0 Å². The van der Waals surface area contributed by atoms with Crippen LogP contribution in [0.4, 0.5) is 0 Å². The Balaban J connectivity index is 1.86. The van der Waals surface area contributed by atoms with Crippen molar-refractivity contribution in [1.82, 2.24) is 10.6 Å². The van der Waals surface area contributed by atoms with Crippen LogP contribution in [0.15, 0.2) is 42.5 Å². The Morgan fingerprint density at radius 2 is 1.81 bits per heavy atom. The van der Waals surface area contributed by atoms with Gasteiger partial charge in [-0.25, -0.2) is 0 Å². The van der Waals surface area contributed by atoms with Crippen LogP contribution in [0.1, 0.15) is 35.8 Å². The lowest BCUT2D eigenvalue weighted by atomic mass is 10.1. The van der Waals surface area contributed by atoms with Crippen molar-refractivity contribution in [3.63, 3.8) is 0 Å². The topological polar surface area (TPSA) is 67.4 Å². The van der Waals surface area contributed by atoms with Crippen LogP contribution in [-0.2, 0) is 4.79 Å². The molecule has 2 aromatic carbocycles. The highest BCUT2D eigenvalue weighted by Gasteiger charge is 2.14. The van der Waals surface area contributed by atoms with Gasteiger partial charge in [0.05, 0.1) is 29.8 Å². The standard InChI is InChI=1S/C19H20Cl2N2O3/c1-3-26-15-7-4-13(5-8-15)12(2)23-18(24)11-22-19(25)16-9-6-14(20)10-17(16)21/h4-10,12H,3,11H2,1-2H3,(H,22,25)(H,23,24). The van der Waals surface area contributed by atoms with E-state index < -0.39 is 5.91 Å². The van der Waals surface area contributed by atoms with Crippen molar-refractivity contribution < 1.29 is 14.3 Å². The van der Waals surface area contributed by atoms with Gasteiger partial charge < -0.3 is 15.4 Å². The summed E-state index contributed by atoms with van der Waals surface area (Å²) >= 11 is 11.8. The molecule has 0 fully saturated rings. The molecule has 0 heterocycles. The second-order valence-electron chi connectivity index (χ2n) is 5.60. The zero-order chi connectivity index (χ0) is 19.1. The maximum absolute atomic E-state index is 12.1. The van der Waals surface area contributed by atoms with E-state index in [1.165, 1.54) is 12.1 Å². The molecule has 7 heteroatoms. The van der Waals surface area contributed by atoms with Crippen LogP contribution < -0.4 is 15.4 Å². The van der Waals surface area contributed by atoms with Crippen LogP contribution in [0.3, 0.4) is 0 Å². The number of nitrogens with one attached hydrogen (secondary N) is 2. The molecule has 0 aliphatic rings. The molecule has 0 radical (unpaired) electrons. The SMILES string of the molecule is CCOc1ccc(C(C)NC(=O)CNC(=O)c2ccc(Cl)cc2Cl)cc1. The molecular formula is C19H20Cl2N2O3. The summed E-state index contributed by atoms with van der Waals surface area (Å²) in [6, 6.07) is 11.8. The predicted octanol–water partition coefficient (Wildman–Crippen LogP) is 4.00. The minimum absolute atomic E-state index is 0.154. The van der Waals surface area contributed by atoms with Crippen molar-refractivity contribution in [1.29, 1.82) is 0 Å². The fraction of sp³-hybridized carbons (Fsp3) is 0.263. The van der Waals surface area contributed by atoms with E-state index >= 15 is 0 Å². The Hall–Kier alpha value is -2.24. The maximum atomic E-state index is 12.1. The Kier molecular flexibility index (Phi) is 7.30. The lowest BCUT2D eigenvalue weighted by molar-refractivity contribution is -0.120. The summed E-state index contributed by atoms with van der Waals surface area (Å²) in [4.78, 5) is 24.2. The third-order valence-electron chi connectivity index (χ3n) is 3.65. The summed E-state index contributed by atoms with van der Waals surface area (Å²) in [7, 11) is 0. The zero-order valence-corrected chi connectivity index (χ0v) is 16.0. The highest BCUT2D eigenvalue weighted by molar-refractivity contribution is 6.36. The highest BCUT2D eigenvalue weighted by Crippen LogP contribution is 2.21. The maximum Gasteiger partial charge on any atom is 0.253 e. The van der Waals surface area contributed by atoms with E-state index in [0.717, 1.165) is 11.3 Å². The van der Waals surface area contributed by atoms with E-state index in [0.29, 0.717) is 11.6 Å². The summed E-state index contributed by atoms with van der Waals surface area (Å²) in [5, 5.41) is 6.05. The summed E-state index contributed by atoms with van der Waals surface area (Å²) in [5.41, 5.74) is 1.21. The van der Waals surface area contributed by atoms with Gasteiger partial charge in [-0.1, -0.05) is 35.3 Å². The highest BCUT2D eigenvalue weighted by atomic mass is 35.5. The summed E-state index contributed by atoms with van der Waals surface area (Å²) < 4.78 is 5.39.